The van der Waals surface area contributed by atoms with Gasteiger partial charge in [-0.25, -0.2) is 18.1 Å². The Morgan fingerprint density at radius 1 is 0.453 bits per heavy atom. The Morgan fingerprint density at radius 2 is 0.698 bits per heavy atom. The van der Waals surface area contributed by atoms with E-state index in [1.807, 2.05) is 0 Å². The molecule has 0 bridgehead atoms. The number of phosphoric ester groups is 1. The van der Waals surface area contributed by atoms with Crippen molar-refractivity contribution < 1.29 is 32.3 Å². The number of hydrogen-bond donors (Lipinski definition) is 0. The summed E-state index contributed by atoms with van der Waals surface area (Å²) in [4.78, 5) is 0. The van der Waals surface area contributed by atoms with Crippen molar-refractivity contribution in [3.05, 3.63) is 88.0 Å². The second-order valence-electron chi connectivity index (χ2n) is 16.8. The number of phosphoric acid groups is 1. The average Bonchev–Trinajstić information content (AvgIpc) is 3.97. The SMILES string of the molecule is CC(C)c1cccc([C@H](C)C2CC2)c1OCOP(=O)(OCOc1c(C(C)C)cccc1[C@H](C)C1CC1)OCOc1c(C(C)C)cccc1[C@H](C)C1CC1. The maximum Gasteiger partial charge on any atom is 0.483 e. The number of ether oxygens (including phenoxy) is 3. The molecule has 3 fully saturated rings. The largest absolute Gasteiger partial charge is 0.483 e. The van der Waals surface area contributed by atoms with E-state index in [-0.39, 0.29) is 38.1 Å². The van der Waals surface area contributed by atoms with Crippen LogP contribution in [0.4, 0.5) is 0 Å². The Labute approximate surface area is 319 Å². The van der Waals surface area contributed by atoms with Crippen molar-refractivity contribution in [2.75, 3.05) is 20.4 Å². The van der Waals surface area contributed by atoms with E-state index in [9.17, 15) is 4.57 Å². The second-order valence-corrected chi connectivity index (χ2v) is 18.4. The first-order valence-corrected chi connectivity index (χ1v) is 21.6. The van der Waals surface area contributed by atoms with Crippen LogP contribution in [-0.2, 0) is 18.1 Å². The average molecular weight is 747 g/mol. The van der Waals surface area contributed by atoms with Gasteiger partial charge in [-0.1, -0.05) is 117 Å². The third kappa shape index (κ3) is 9.89. The molecule has 3 aliphatic carbocycles. The molecular weight excluding hydrogens is 683 g/mol. The molecule has 0 aliphatic heterocycles. The normalized spacial score (nSPS) is 18.0. The van der Waals surface area contributed by atoms with Crippen molar-refractivity contribution in [1.29, 1.82) is 0 Å². The molecule has 7 nitrogen and oxygen atoms in total. The zero-order valence-corrected chi connectivity index (χ0v) is 34.5. The number of para-hydroxylation sites is 3. The van der Waals surface area contributed by atoms with E-state index in [1.54, 1.807) is 0 Å². The summed E-state index contributed by atoms with van der Waals surface area (Å²) >= 11 is 0. The van der Waals surface area contributed by atoms with Crippen molar-refractivity contribution in [3.8, 4) is 17.2 Å². The minimum absolute atomic E-state index is 0.235. The third-order valence-electron chi connectivity index (χ3n) is 11.8. The maximum atomic E-state index is 14.5. The predicted molar refractivity (Wildman–Crippen MR) is 212 cm³/mol. The van der Waals surface area contributed by atoms with Crippen molar-refractivity contribution in [2.45, 2.75) is 136 Å². The summed E-state index contributed by atoms with van der Waals surface area (Å²) in [5, 5.41) is 0. The van der Waals surface area contributed by atoms with Gasteiger partial charge in [-0.15, -0.1) is 0 Å². The molecule has 0 heterocycles. The Hall–Kier alpha value is -2.83. The lowest BCUT2D eigenvalue weighted by Crippen LogP contribution is -2.15. The van der Waals surface area contributed by atoms with Crippen LogP contribution in [0.25, 0.3) is 0 Å². The molecule has 0 N–H and O–H groups in total. The van der Waals surface area contributed by atoms with Crippen LogP contribution in [0.3, 0.4) is 0 Å². The third-order valence-corrected chi connectivity index (χ3v) is 13.1. The van der Waals surface area contributed by atoms with Gasteiger partial charge < -0.3 is 14.2 Å². The summed E-state index contributed by atoms with van der Waals surface area (Å²) in [6.07, 6.45) is 7.35. The molecule has 0 unspecified atom stereocenters. The van der Waals surface area contributed by atoms with E-state index in [0.29, 0.717) is 35.5 Å². The molecule has 3 aliphatic rings. The van der Waals surface area contributed by atoms with Crippen LogP contribution in [0, 0.1) is 17.8 Å². The Kier molecular flexibility index (Phi) is 13.0. The molecule has 0 amide bonds. The second kappa shape index (κ2) is 17.3. The number of benzene rings is 3. The molecular formula is C45H63O7P. The van der Waals surface area contributed by atoms with E-state index in [4.69, 9.17) is 27.8 Å². The summed E-state index contributed by atoms with van der Waals surface area (Å²) in [6.45, 7) is 18.8. The summed E-state index contributed by atoms with van der Waals surface area (Å²) in [5.41, 5.74) is 6.72. The fourth-order valence-electron chi connectivity index (χ4n) is 7.77. The zero-order chi connectivity index (χ0) is 37.9. The molecule has 0 radical (unpaired) electrons. The predicted octanol–water partition coefficient (Wildman–Crippen LogP) is 13.2. The van der Waals surface area contributed by atoms with Gasteiger partial charge in [0.25, 0.3) is 0 Å². The van der Waals surface area contributed by atoms with Crippen LogP contribution in [0.15, 0.2) is 54.6 Å². The van der Waals surface area contributed by atoms with Gasteiger partial charge in [0.05, 0.1) is 0 Å². The topological polar surface area (TPSA) is 72.5 Å². The monoisotopic (exact) mass is 746 g/mol. The van der Waals surface area contributed by atoms with Gasteiger partial charge in [0, 0.05) is 0 Å². The smallest absolute Gasteiger partial charge is 0.466 e. The van der Waals surface area contributed by atoms with Gasteiger partial charge in [-0.3, -0.25) is 0 Å². The van der Waals surface area contributed by atoms with Crippen LogP contribution in [0.2, 0.25) is 0 Å². The molecule has 290 valence electrons. The van der Waals surface area contributed by atoms with Crippen LogP contribution < -0.4 is 14.2 Å². The molecule has 8 heteroatoms. The van der Waals surface area contributed by atoms with Gasteiger partial charge in [0.15, 0.2) is 20.4 Å². The summed E-state index contributed by atoms with van der Waals surface area (Å²) in [5.74, 6) is 6.07. The first-order chi connectivity index (χ1) is 25.4. The van der Waals surface area contributed by atoms with Gasteiger partial charge in [-0.2, -0.15) is 0 Å². The maximum absolute atomic E-state index is 14.5. The first-order valence-electron chi connectivity index (χ1n) is 20.2. The van der Waals surface area contributed by atoms with E-state index >= 15 is 0 Å². The van der Waals surface area contributed by atoms with Crippen molar-refractivity contribution in [1.82, 2.24) is 0 Å². The molecule has 0 spiro atoms. The quantitative estimate of drug-likeness (QED) is 0.0794. The van der Waals surface area contributed by atoms with E-state index in [2.05, 4.69) is 117 Å². The summed E-state index contributed by atoms with van der Waals surface area (Å²) < 4.78 is 51.7. The van der Waals surface area contributed by atoms with Crippen molar-refractivity contribution in [3.63, 3.8) is 0 Å². The standard InChI is InChI=1S/C45H63O7P/c1-28(2)37-13-10-16-40(31(7)34-19-20-34)43(37)47-25-50-53(46,51-26-48-44-38(29(3)4)14-11-17-41(44)32(8)35-21-22-35)52-27-49-45-39(30(5)6)15-12-18-42(45)33(9)36-23-24-36/h10-18,28-36H,19-27H2,1-9H3/t31-,32-,33-/m1/s1. The lowest BCUT2D eigenvalue weighted by molar-refractivity contribution is -0.00572. The molecule has 3 aromatic rings. The highest BCUT2D eigenvalue weighted by atomic mass is 31.2. The molecule has 0 aromatic heterocycles. The lowest BCUT2D eigenvalue weighted by Gasteiger charge is -2.25. The Morgan fingerprint density at radius 3 is 0.925 bits per heavy atom. The molecule has 6 rings (SSSR count). The van der Waals surface area contributed by atoms with Crippen LogP contribution in [0.1, 0.15) is 170 Å². The molecule has 3 aromatic carbocycles. The highest BCUT2D eigenvalue weighted by molar-refractivity contribution is 7.48. The van der Waals surface area contributed by atoms with Crippen molar-refractivity contribution >= 4 is 7.82 Å². The van der Waals surface area contributed by atoms with Crippen LogP contribution in [0.5, 0.6) is 17.2 Å². The number of rotatable bonds is 21. The minimum Gasteiger partial charge on any atom is -0.466 e. The lowest BCUT2D eigenvalue weighted by atomic mass is 9.90. The fraction of sp³-hybridized carbons (Fsp3) is 0.600. The first kappa shape index (κ1) is 39.9. The zero-order valence-electron chi connectivity index (χ0n) is 33.6. The van der Waals surface area contributed by atoms with E-state index in [1.165, 1.54) is 38.5 Å². The van der Waals surface area contributed by atoms with Crippen LogP contribution in [-0.4, -0.2) is 20.4 Å². The summed E-state index contributed by atoms with van der Waals surface area (Å²) in [7, 11) is -4.26. The Bertz CT molecular complexity index is 1520. The van der Waals surface area contributed by atoms with E-state index < -0.39 is 7.82 Å². The Balaban J connectivity index is 1.22. The van der Waals surface area contributed by atoms with Crippen LogP contribution >= 0.6 is 7.82 Å². The molecule has 0 saturated heterocycles. The molecule has 3 atom stereocenters. The van der Waals surface area contributed by atoms with Gasteiger partial charge >= 0.3 is 7.82 Å². The fourth-order valence-corrected chi connectivity index (χ4v) is 8.54. The van der Waals surface area contributed by atoms with Gasteiger partial charge in [-0.05, 0) is 125 Å². The van der Waals surface area contributed by atoms with Gasteiger partial charge in [0.2, 0.25) is 0 Å². The van der Waals surface area contributed by atoms with Crippen molar-refractivity contribution in [2.24, 2.45) is 17.8 Å². The van der Waals surface area contributed by atoms with Gasteiger partial charge in [0.1, 0.15) is 17.2 Å². The highest BCUT2D eigenvalue weighted by Gasteiger charge is 2.35. The number of hydrogen-bond acceptors (Lipinski definition) is 7. The van der Waals surface area contributed by atoms with E-state index in [0.717, 1.165) is 50.6 Å². The highest BCUT2D eigenvalue weighted by Crippen LogP contribution is 2.52. The summed E-state index contributed by atoms with van der Waals surface area (Å²) in [6, 6.07) is 19.0. The molecule has 53 heavy (non-hydrogen) atoms. The molecule has 3 saturated carbocycles. The minimum atomic E-state index is -4.26.